The van der Waals surface area contributed by atoms with Crippen LogP contribution in [0.1, 0.15) is 19.3 Å². The third-order valence-corrected chi connectivity index (χ3v) is 3.91. The fraction of sp³-hybridized carbons (Fsp3) is 1.00. The van der Waals surface area contributed by atoms with Crippen LogP contribution in [0.25, 0.3) is 0 Å². The first-order chi connectivity index (χ1) is 3.38. The predicted molar refractivity (Wildman–Crippen MR) is 33.5 cm³/mol. The molecule has 0 aromatic rings. The zero-order chi connectivity index (χ0) is 4.85. The van der Waals surface area contributed by atoms with E-state index in [1.807, 2.05) is 0 Å². The number of alkyl halides is 1. The Morgan fingerprint density at radius 2 is 1.71 bits per heavy atom. The molecule has 0 amide bonds. The Bertz CT molecular complexity index is 76.2. The molecule has 2 atom stereocenters. The SMILES string of the molecule is BrC1C2CCC1C2. The molecule has 0 spiro atoms. The lowest BCUT2D eigenvalue weighted by Gasteiger charge is -2.30. The number of hydrogen-bond donors (Lipinski definition) is 0. The van der Waals surface area contributed by atoms with Crippen molar-refractivity contribution in [3.8, 4) is 0 Å². The monoisotopic (exact) mass is 160 g/mol. The maximum atomic E-state index is 3.65. The highest BCUT2D eigenvalue weighted by Gasteiger charge is 2.44. The Hall–Kier alpha value is 0.480. The van der Waals surface area contributed by atoms with Crippen LogP contribution >= 0.6 is 15.9 Å². The molecule has 0 aromatic heterocycles. The average Bonchev–Trinajstić information content (AvgIpc) is 2.18. The van der Waals surface area contributed by atoms with Gasteiger partial charge in [0.05, 0.1) is 0 Å². The summed E-state index contributed by atoms with van der Waals surface area (Å²) in [4.78, 5) is 0.924. The van der Waals surface area contributed by atoms with E-state index in [0.29, 0.717) is 0 Å². The van der Waals surface area contributed by atoms with Crippen LogP contribution in [-0.4, -0.2) is 4.83 Å². The van der Waals surface area contributed by atoms with Gasteiger partial charge in [0, 0.05) is 4.83 Å². The summed E-state index contributed by atoms with van der Waals surface area (Å²) >= 11 is 3.65. The van der Waals surface area contributed by atoms with Crippen LogP contribution in [0.4, 0.5) is 0 Å². The molecule has 3 aliphatic rings. The van der Waals surface area contributed by atoms with E-state index in [4.69, 9.17) is 0 Å². The summed E-state index contributed by atoms with van der Waals surface area (Å²) in [5.74, 6) is 2.15. The van der Waals surface area contributed by atoms with Crippen molar-refractivity contribution in [1.29, 1.82) is 0 Å². The number of hydrogen-bond acceptors (Lipinski definition) is 0. The van der Waals surface area contributed by atoms with Gasteiger partial charge in [0.25, 0.3) is 0 Å². The topological polar surface area (TPSA) is 0 Å². The minimum absolute atomic E-state index is 0.924. The Balaban J connectivity index is 2.14. The van der Waals surface area contributed by atoms with Gasteiger partial charge < -0.3 is 0 Å². The molecular formula is C6H9Br. The minimum Gasteiger partial charge on any atom is -0.0885 e. The lowest BCUT2D eigenvalue weighted by molar-refractivity contribution is 0.327. The van der Waals surface area contributed by atoms with Gasteiger partial charge in [-0.15, -0.1) is 0 Å². The molecule has 0 N–H and O–H groups in total. The molecule has 0 aromatic carbocycles. The fourth-order valence-electron chi connectivity index (χ4n) is 1.82. The van der Waals surface area contributed by atoms with Crippen molar-refractivity contribution in [2.45, 2.75) is 24.1 Å². The molecule has 1 heteroatoms. The van der Waals surface area contributed by atoms with E-state index in [1.165, 1.54) is 19.3 Å². The van der Waals surface area contributed by atoms with Crippen LogP contribution in [0.15, 0.2) is 0 Å². The molecule has 3 saturated carbocycles. The van der Waals surface area contributed by atoms with Crippen molar-refractivity contribution in [2.24, 2.45) is 11.8 Å². The highest BCUT2D eigenvalue weighted by molar-refractivity contribution is 9.09. The molecule has 2 unspecified atom stereocenters. The standard InChI is InChI=1S/C6H9Br/c7-6-4-1-2-5(6)3-4/h4-6H,1-3H2. The molecule has 3 fully saturated rings. The van der Waals surface area contributed by atoms with Crippen molar-refractivity contribution in [3.05, 3.63) is 0 Å². The number of fused-ring (bicyclic) bond motifs is 1. The zero-order valence-electron chi connectivity index (χ0n) is 4.23. The quantitative estimate of drug-likeness (QED) is 0.477. The second kappa shape index (κ2) is 1.25. The maximum Gasteiger partial charge on any atom is 0.0202 e. The summed E-state index contributed by atoms with van der Waals surface area (Å²) in [5.41, 5.74) is 0. The van der Waals surface area contributed by atoms with E-state index in [9.17, 15) is 0 Å². The van der Waals surface area contributed by atoms with Gasteiger partial charge >= 0.3 is 0 Å². The summed E-state index contributed by atoms with van der Waals surface area (Å²) in [6.45, 7) is 0. The molecule has 0 heterocycles. The molecule has 40 valence electrons. The Kier molecular flexibility index (Phi) is 0.780. The average molecular weight is 161 g/mol. The third-order valence-electron chi connectivity index (χ3n) is 2.41. The van der Waals surface area contributed by atoms with E-state index in [2.05, 4.69) is 15.9 Å². The second-order valence-electron chi connectivity index (χ2n) is 2.78. The summed E-state index contributed by atoms with van der Waals surface area (Å²) in [5, 5.41) is 0. The first-order valence-electron chi connectivity index (χ1n) is 3.02. The van der Waals surface area contributed by atoms with E-state index in [1.54, 1.807) is 0 Å². The molecule has 2 bridgehead atoms. The van der Waals surface area contributed by atoms with Gasteiger partial charge in [-0.2, -0.15) is 0 Å². The molecule has 3 aliphatic carbocycles. The van der Waals surface area contributed by atoms with Crippen molar-refractivity contribution >= 4 is 15.9 Å². The summed E-state index contributed by atoms with van der Waals surface area (Å²) in [6, 6.07) is 0. The van der Waals surface area contributed by atoms with Crippen molar-refractivity contribution in [1.82, 2.24) is 0 Å². The third kappa shape index (κ3) is 0.426. The van der Waals surface area contributed by atoms with Crippen LogP contribution in [0.3, 0.4) is 0 Å². The van der Waals surface area contributed by atoms with Gasteiger partial charge in [-0.25, -0.2) is 0 Å². The molecule has 3 rings (SSSR count). The van der Waals surface area contributed by atoms with E-state index < -0.39 is 0 Å². The van der Waals surface area contributed by atoms with Crippen LogP contribution in [0, 0.1) is 11.8 Å². The summed E-state index contributed by atoms with van der Waals surface area (Å²) in [7, 11) is 0. The van der Waals surface area contributed by atoms with Gasteiger partial charge in [-0.05, 0) is 31.1 Å². The molecular weight excluding hydrogens is 152 g/mol. The lowest BCUT2D eigenvalue weighted by atomic mass is 9.84. The van der Waals surface area contributed by atoms with Crippen molar-refractivity contribution in [3.63, 3.8) is 0 Å². The van der Waals surface area contributed by atoms with Crippen molar-refractivity contribution in [2.75, 3.05) is 0 Å². The fourth-order valence-corrected chi connectivity index (χ4v) is 2.78. The zero-order valence-corrected chi connectivity index (χ0v) is 5.82. The smallest absolute Gasteiger partial charge is 0.0202 e. The normalized spacial score (nSPS) is 57.0. The van der Waals surface area contributed by atoms with E-state index in [0.717, 1.165) is 16.7 Å². The molecule has 0 nitrogen and oxygen atoms in total. The molecule has 7 heavy (non-hydrogen) atoms. The number of halogens is 1. The molecule has 0 saturated heterocycles. The van der Waals surface area contributed by atoms with Crippen molar-refractivity contribution < 1.29 is 0 Å². The summed E-state index contributed by atoms with van der Waals surface area (Å²) in [6.07, 6.45) is 4.52. The highest BCUT2D eigenvalue weighted by atomic mass is 79.9. The largest absolute Gasteiger partial charge is 0.0885 e. The van der Waals surface area contributed by atoms with Crippen LogP contribution in [0.5, 0.6) is 0 Å². The molecule has 0 aliphatic heterocycles. The predicted octanol–water partition coefficient (Wildman–Crippen LogP) is 2.18. The Morgan fingerprint density at radius 3 is 1.86 bits per heavy atom. The first kappa shape index (κ1) is 4.37. The minimum atomic E-state index is 0.924. The van der Waals surface area contributed by atoms with E-state index >= 15 is 0 Å². The maximum absolute atomic E-state index is 3.65. The Morgan fingerprint density at radius 1 is 1.14 bits per heavy atom. The Labute approximate surface area is 52.4 Å². The highest BCUT2D eigenvalue weighted by Crippen LogP contribution is 2.52. The summed E-state index contributed by atoms with van der Waals surface area (Å²) < 4.78 is 0. The molecule has 0 radical (unpaired) electrons. The van der Waals surface area contributed by atoms with Crippen LogP contribution in [0.2, 0.25) is 0 Å². The van der Waals surface area contributed by atoms with Crippen LogP contribution < -0.4 is 0 Å². The lowest BCUT2D eigenvalue weighted by Crippen LogP contribution is -2.27. The number of rotatable bonds is 0. The van der Waals surface area contributed by atoms with Crippen LogP contribution in [-0.2, 0) is 0 Å². The first-order valence-corrected chi connectivity index (χ1v) is 3.93. The van der Waals surface area contributed by atoms with Gasteiger partial charge in [-0.3, -0.25) is 0 Å². The van der Waals surface area contributed by atoms with Gasteiger partial charge in [0.1, 0.15) is 0 Å². The van der Waals surface area contributed by atoms with Gasteiger partial charge in [0.15, 0.2) is 0 Å². The van der Waals surface area contributed by atoms with Gasteiger partial charge in [-0.1, -0.05) is 15.9 Å². The van der Waals surface area contributed by atoms with Gasteiger partial charge in [0.2, 0.25) is 0 Å². The second-order valence-corrected chi connectivity index (χ2v) is 3.83. The van der Waals surface area contributed by atoms with E-state index in [-0.39, 0.29) is 0 Å².